The van der Waals surface area contributed by atoms with Gasteiger partial charge in [-0.25, -0.2) is 13.6 Å². The zero-order chi connectivity index (χ0) is 11.6. The number of aromatic hydroxyl groups is 1. The summed E-state index contributed by atoms with van der Waals surface area (Å²) in [5.41, 5.74) is 0.110. The van der Waals surface area contributed by atoms with Gasteiger partial charge in [0.05, 0.1) is 0 Å². The van der Waals surface area contributed by atoms with E-state index in [1.165, 1.54) is 13.1 Å². The Hall–Kier alpha value is -1.60. The summed E-state index contributed by atoms with van der Waals surface area (Å²) in [4.78, 5) is 10.7. The molecular weight excluding hydrogens is 220 g/mol. The topological polar surface area (TPSA) is 109 Å². The second-order valence-corrected chi connectivity index (χ2v) is 4.34. The number of hydrogen-bond donors (Lipinski definition) is 3. The second kappa shape index (κ2) is 3.87. The lowest BCUT2D eigenvalue weighted by Crippen LogP contribution is -2.19. The van der Waals surface area contributed by atoms with Crippen molar-refractivity contribution in [3.8, 4) is 5.75 Å². The van der Waals surface area contributed by atoms with Gasteiger partial charge in [-0.1, -0.05) is 0 Å². The van der Waals surface area contributed by atoms with E-state index < -0.39 is 26.6 Å². The molecule has 1 aromatic carbocycles. The molecule has 6 nitrogen and oxygen atoms in total. The van der Waals surface area contributed by atoms with Crippen molar-refractivity contribution in [1.29, 1.82) is 0 Å². The maximum Gasteiger partial charge on any atom is 0.251 e. The van der Waals surface area contributed by atoms with Crippen molar-refractivity contribution in [2.24, 2.45) is 5.14 Å². The minimum atomic E-state index is -4.03. The van der Waals surface area contributed by atoms with Gasteiger partial charge in [0.15, 0.2) is 0 Å². The number of nitrogens with two attached hydrogens (primary N) is 1. The number of sulfonamides is 1. The zero-order valence-electron chi connectivity index (χ0n) is 7.89. The first kappa shape index (κ1) is 11.5. The largest absolute Gasteiger partial charge is 0.507 e. The molecule has 0 aliphatic heterocycles. The molecule has 0 aromatic heterocycles. The number of hydrogen-bond acceptors (Lipinski definition) is 4. The van der Waals surface area contributed by atoms with Crippen molar-refractivity contribution in [1.82, 2.24) is 5.32 Å². The average molecular weight is 230 g/mol. The van der Waals surface area contributed by atoms with Crippen molar-refractivity contribution >= 4 is 15.9 Å². The van der Waals surface area contributed by atoms with Gasteiger partial charge in [0.2, 0.25) is 10.0 Å². The summed E-state index contributed by atoms with van der Waals surface area (Å²) in [6.07, 6.45) is 0. The number of benzene rings is 1. The third-order valence-electron chi connectivity index (χ3n) is 1.76. The number of amides is 1. The third-order valence-corrected chi connectivity index (χ3v) is 2.70. The minimum Gasteiger partial charge on any atom is -0.507 e. The van der Waals surface area contributed by atoms with Crippen molar-refractivity contribution in [3.63, 3.8) is 0 Å². The lowest BCUT2D eigenvalue weighted by molar-refractivity contribution is 0.0963. The van der Waals surface area contributed by atoms with E-state index in [-0.39, 0.29) is 5.56 Å². The van der Waals surface area contributed by atoms with Gasteiger partial charge in [-0.15, -0.1) is 0 Å². The molecule has 7 heteroatoms. The van der Waals surface area contributed by atoms with Crippen molar-refractivity contribution in [3.05, 3.63) is 23.8 Å². The summed E-state index contributed by atoms with van der Waals surface area (Å²) in [6.45, 7) is 0. The molecule has 0 saturated heterocycles. The van der Waals surface area contributed by atoms with E-state index in [9.17, 15) is 18.3 Å². The number of carbonyl (C=O) groups is 1. The van der Waals surface area contributed by atoms with E-state index in [2.05, 4.69) is 5.32 Å². The summed E-state index contributed by atoms with van der Waals surface area (Å²) in [6, 6.07) is 3.41. The lowest BCUT2D eigenvalue weighted by atomic mass is 10.2. The van der Waals surface area contributed by atoms with E-state index in [4.69, 9.17) is 5.14 Å². The van der Waals surface area contributed by atoms with Crippen LogP contribution in [0.25, 0.3) is 0 Å². The number of rotatable bonds is 2. The summed E-state index contributed by atoms with van der Waals surface area (Å²) >= 11 is 0. The molecule has 0 radical (unpaired) electrons. The van der Waals surface area contributed by atoms with Crippen molar-refractivity contribution in [2.75, 3.05) is 7.05 Å². The fourth-order valence-corrected chi connectivity index (χ4v) is 1.68. The van der Waals surface area contributed by atoms with Crippen molar-refractivity contribution < 1.29 is 18.3 Å². The summed E-state index contributed by atoms with van der Waals surface area (Å²) in [5, 5.41) is 16.4. The van der Waals surface area contributed by atoms with Crippen LogP contribution in [0.2, 0.25) is 0 Å². The monoisotopic (exact) mass is 230 g/mol. The van der Waals surface area contributed by atoms with Gasteiger partial charge in [0, 0.05) is 12.6 Å². The number of phenols is 1. The molecule has 1 amide bonds. The number of nitrogens with one attached hydrogen (secondary N) is 1. The fourth-order valence-electron chi connectivity index (χ4n) is 1.03. The normalized spacial score (nSPS) is 11.1. The standard InChI is InChI=1S/C8H10N2O4S/c1-10-8(12)5-2-3-6(11)7(4-5)15(9,13)14/h2-4,11H,1H3,(H,10,12)(H2,9,13,14). The first-order valence-corrected chi connectivity index (χ1v) is 5.49. The molecule has 1 rings (SSSR count). The van der Waals surface area contributed by atoms with Crippen LogP contribution in [-0.4, -0.2) is 26.5 Å². The maximum absolute atomic E-state index is 11.2. The number of carbonyl (C=O) groups excluding carboxylic acids is 1. The van der Waals surface area contributed by atoms with E-state index >= 15 is 0 Å². The first-order chi connectivity index (χ1) is 6.86. The Morgan fingerprint density at radius 2 is 2.07 bits per heavy atom. The van der Waals surface area contributed by atoms with E-state index in [1.807, 2.05) is 0 Å². The molecule has 0 spiro atoms. The Kier molecular flexibility index (Phi) is 2.96. The van der Waals surface area contributed by atoms with Crippen LogP contribution >= 0.6 is 0 Å². The molecule has 0 atom stereocenters. The Bertz CT molecular complexity index is 495. The lowest BCUT2D eigenvalue weighted by Gasteiger charge is -2.04. The van der Waals surface area contributed by atoms with Crippen LogP contribution in [0.3, 0.4) is 0 Å². The van der Waals surface area contributed by atoms with Gasteiger partial charge >= 0.3 is 0 Å². The highest BCUT2D eigenvalue weighted by atomic mass is 32.2. The average Bonchev–Trinajstić information content (AvgIpc) is 2.15. The molecule has 0 aliphatic carbocycles. The SMILES string of the molecule is CNC(=O)c1ccc(O)c(S(N)(=O)=O)c1. The van der Waals surface area contributed by atoms with Crippen molar-refractivity contribution in [2.45, 2.75) is 4.90 Å². The smallest absolute Gasteiger partial charge is 0.251 e. The van der Waals surface area contributed by atoms with Crippen LogP contribution in [0.1, 0.15) is 10.4 Å². The van der Waals surface area contributed by atoms with Crippen LogP contribution < -0.4 is 10.5 Å². The van der Waals surface area contributed by atoms with Gasteiger partial charge in [-0.2, -0.15) is 0 Å². The Morgan fingerprint density at radius 3 is 2.53 bits per heavy atom. The van der Waals surface area contributed by atoms with Crippen LogP contribution in [0, 0.1) is 0 Å². The number of primary sulfonamides is 1. The second-order valence-electron chi connectivity index (χ2n) is 2.81. The van der Waals surface area contributed by atoms with Gasteiger partial charge < -0.3 is 10.4 Å². The highest BCUT2D eigenvalue weighted by Crippen LogP contribution is 2.22. The van der Waals surface area contributed by atoms with Crippen LogP contribution in [0.4, 0.5) is 0 Å². The van der Waals surface area contributed by atoms with Gasteiger partial charge in [-0.05, 0) is 18.2 Å². The highest BCUT2D eigenvalue weighted by Gasteiger charge is 2.16. The number of phenolic OH excluding ortho intramolecular Hbond substituents is 1. The molecule has 82 valence electrons. The molecule has 0 unspecified atom stereocenters. The Balaban J connectivity index is 3.36. The molecule has 4 N–H and O–H groups in total. The minimum absolute atomic E-state index is 0.110. The Morgan fingerprint density at radius 1 is 1.47 bits per heavy atom. The molecule has 0 saturated carbocycles. The van der Waals surface area contributed by atoms with Crippen LogP contribution in [0.5, 0.6) is 5.75 Å². The summed E-state index contributed by atoms with van der Waals surface area (Å²) in [7, 11) is -2.62. The quantitative estimate of drug-likeness (QED) is 0.630. The van der Waals surface area contributed by atoms with E-state index in [0.29, 0.717) is 0 Å². The first-order valence-electron chi connectivity index (χ1n) is 3.94. The molecule has 0 bridgehead atoms. The molecule has 0 heterocycles. The highest BCUT2D eigenvalue weighted by molar-refractivity contribution is 7.89. The predicted octanol–water partition coefficient (Wildman–Crippen LogP) is -0.601. The fraction of sp³-hybridized carbons (Fsp3) is 0.125. The third kappa shape index (κ3) is 2.45. The van der Waals surface area contributed by atoms with Gasteiger partial charge in [-0.3, -0.25) is 4.79 Å². The molecule has 0 fully saturated rings. The van der Waals surface area contributed by atoms with Crippen LogP contribution in [-0.2, 0) is 10.0 Å². The molecule has 15 heavy (non-hydrogen) atoms. The predicted molar refractivity (Wildman–Crippen MR) is 52.9 cm³/mol. The van der Waals surface area contributed by atoms with E-state index in [0.717, 1.165) is 12.1 Å². The maximum atomic E-state index is 11.2. The summed E-state index contributed by atoms with van der Waals surface area (Å²) < 4.78 is 22.0. The summed E-state index contributed by atoms with van der Waals surface area (Å²) in [5.74, 6) is -0.940. The van der Waals surface area contributed by atoms with E-state index in [1.54, 1.807) is 0 Å². The zero-order valence-corrected chi connectivity index (χ0v) is 8.71. The molecular formula is C8H10N2O4S. The van der Waals surface area contributed by atoms with Crippen LogP contribution in [0.15, 0.2) is 23.1 Å². The van der Waals surface area contributed by atoms with Gasteiger partial charge in [0.1, 0.15) is 10.6 Å². The Labute approximate surface area is 86.8 Å². The van der Waals surface area contributed by atoms with Gasteiger partial charge in [0.25, 0.3) is 5.91 Å². The molecule has 1 aromatic rings. The molecule has 0 aliphatic rings.